The maximum atomic E-state index is 11.1. The highest BCUT2D eigenvalue weighted by Gasteiger charge is 2.08. The lowest BCUT2D eigenvalue weighted by Gasteiger charge is -2.04. The normalized spacial score (nSPS) is 10.1. The van der Waals surface area contributed by atoms with E-state index in [0.717, 1.165) is 0 Å². The second-order valence-electron chi connectivity index (χ2n) is 2.37. The summed E-state index contributed by atoms with van der Waals surface area (Å²) < 4.78 is 4.95. The van der Waals surface area contributed by atoms with Gasteiger partial charge in [-0.15, -0.1) is 11.3 Å². The number of hydrogen-bond acceptors (Lipinski definition) is 3. The second-order valence-corrected chi connectivity index (χ2v) is 3.28. The minimum Gasteiger partial charge on any atom is -0.459 e. The number of carbonyl (C=O) groups is 1. The third-order valence-electron chi connectivity index (χ3n) is 1.01. The first-order valence-corrected chi connectivity index (χ1v) is 4.23. The van der Waals surface area contributed by atoms with Crippen molar-refractivity contribution >= 4 is 17.3 Å². The fraction of sp³-hybridized carbons (Fsp3) is 0.375. The molecule has 0 bridgehead atoms. The number of esters is 1. The maximum Gasteiger partial charge on any atom is 0.348 e. The van der Waals surface area contributed by atoms with Gasteiger partial charge >= 0.3 is 5.97 Å². The van der Waals surface area contributed by atoms with Crippen LogP contribution in [0, 0.1) is 6.07 Å². The summed E-state index contributed by atoms with van der Waals surface area (Å²) in [6.07, 6.45) is -0.0513. The number of thiophene rings is 1. The van der Waals surface area contributed by atoms with Crippen LogP contribution in [-0.4, -0.2) is 12.1 Å². The Morgan fingerprint density at radius 1 is 1.73 bits per heavy atom. The first-order chi connectivity index (χ1) is 5.20. The zero-order valence-electron chi connectivity index (χ0n) is 6.46. The average Bonchev–Trinajstić information content (AvgIpc) is 2.35. The molecule has 0 N–H and O–H groups in total. The molecule has 59 valence electrons. The molecule has 1 heterocycles. The summed E-state index contributed by atoms with van der Waals surface area (Å²) in [5.74, 6) is -0.258. The molecule has 1 aromatic heterocycles. The molecular formula is C8H9O2S. The molecule has 0 atom stereocenters. The fourth-order valence-electron chi connectivity index (χ4n) is 0.620. The van der Waals surface area contributed by atoms with Gasteiger partial charge in [0.05, 0.1) is 6.10 Å². The maximum absolute atomic E-state index is 11.1. The minimum absolute atomic E-state index is 0.0513. The van der Waals surface area contributed by atoms with Gasteiger partial charge < -0.3 is 4.74 Å². The number of ether oxygens (including phenoxy) is 1. The van der Waals surface area contributed by atoms with Crippen molar-refractivity contribution in [3.63, 3.8) is 0 Å². The van der Waals surface area contributed by atoms with Crippen molar-refractivity contribution < 1.29 is 9.53 Å². The highest BCUT2D eigenvalue weighted by Crippen LogP contribution is 2.10. The third-order valence-corrected chi connectivity index (χ3v) is 1.80. The van der Waals surface area contributed by atoms with E-state index in [4.69, 9.17) is 4.74 Å². The summed E-state index contributed by atoms with van der Waals surface area (Å²) in [5.41, 5.74) is 0. The van der Waals surface area contributed by atoms with Gasteiger partial charge in [-0.3, -0.25) is 0 Å². The smallest absolute Gasteiger partial charge is 0.348 e. The molecule has 0 amide bonds. The van der Waals surface area contributed by atoms with Crippen molar-refractivity contribution in [3.05, 3.63) is 22.4 Å². The first kappa shape index (κ1) is 8.27. The molecule has 0 fully saturated rings. The lowest BCUT2D eigenvalue weighted by molar-refractivity contribution is 0.0384. The minimum atomic E-state index is -0.258. The number of hydrogen-bond donors (Lipinski definition) is 0. The van der Waals surface area contributed by atoms with E-state index < -0.39 is 0 Å². The molecule has 3 heteroatoms. The Hall–Kier alpha value is -0.830. The van der Waals surface area contributed by atoms with Crippen LogP contribution >= 0.6 is 11.3 Å². The lowest BCUT2D eigenvalue weighted by atomic mass is 10.4. The van der Waals surface area contributed by atoms with E-state index in [2.05, 4.69) is 6.07 Å². The van der Waals surface area contributed by atoms with Gasteiger partial charge in [0.25, 0.3) is 0 Å². The molecule has 1 radical (unpaired) electrons. The quantitative estimate of drug-likeness (QED) is 0.634. The van der Waals surface area contributed by atoms with Crippen molar-refractivity contribution in [2.45, 2.75) is 20.0 Å². The molecular weight excluding hydrogens is 160 g/mol. The predicted molar refractivity (Wildman–Crippen MR) is 43.7 cm³/mol. The molecule has 0 aliphatic heterocycles. The monoisotopic (exact) mass is 169 g/mol. The van der Waals surface area contributed by atoms with Gasteiger partial charge in [-0.25, -0.2) is 4.79 Å². The average molecular weight is 169 g/mol. The molecule has 0 aliphatic carbocycles. The Morgan fingerprint density at radius 3 is 2.91 bits per heavy atom. The van der Waals surface area contributed by atoms with Crippen LogP contribution < -0.4 is 0 Å². The summed E-state index contributed by atoms with van der Waals surface area (Å²) in [6.45, 7) is 3.66. The molecule has 0 saturated carbocycles. The van der Waals surface area contributed by atoms with Gasteiger partial charge in [-0.05, 0) is 31.4 Å². The van der Waals surface area contributed by atoms with Gasteiger partial charge in [0, 0.05) is 0 Å². The topological polar surface area (TPSA) is 26.3 Å². The third kappa shape index (κ3) is 2.35. The van der Waals surface area contributed by atoms with Crippen LogP contribution in [0.1, 0.15) is 23.5 Å². The first-order valence-electron chi connectivity index (χ1n) is 3.35. The van der Waals surface area contributed by atoms with Crippen LogP contribution in [0.25, 0.3) is 0 Å². The van der Waals surface area contributed by atoms with Crippen molar-refractivity contribution in [1.82, 2.24) is 0 Å². The molecule has 0 spiro atoms. The van der Waals surface area contributed by atoms with Gasteiger partial charge in [-0.1, -0.05) is 0 Å². The molecule has 0 unspecified atom stereocenters. The van der Waals surface area contributed by atoms with Crippen LogP contribution in [0.4, 0.5) is 0 Å². The fourth-order valence-corrected chi connectivity index (χ4v) is 1.16. The Morgan fingerprint density at radius 2 is 2.45 bits per heavy atom. The van der Waals surface area contributed by atoms with Crippen LogP contribution in [0.2, 0.25) is 0 Å². The molecule has 11 heavy (non-hydrogen) atoms. The van der Waals surface area contributed by atoms with E-state index in [0.29, 0.717) is 4.88 Å². The summed E-state index contributed by atoms with van der Waals surface area (Å²) in [5, 5.41) is 1.73. The van der Waals surface area contributed by atoms with Crippen molar-refractivity contribution in [3.8, 4) is 0 Å². The standard InChI is InChI=1S/C8H9O2S/c1-6(2)10-8(9)7-4-3-5-11-7/h4-6H,1-2H3. The summed E-state index contributed by atoms with van der Waals surface area (Å²) in [4.78, 5) is 11.7. The van der Waals surface area contributed by atoms with E-state index in [1.165, 1.54) is 11.3 Å². The zero-order valence-corrected chi connectivity index (χ0v) is 7.27. The van der Waals surface area contributed by atoms with E-state index in [1.54, 1.807) is 11.4 Å². The molecule has 1 aromatic rings. The SMILES string of the molecule is CC(C)OC(=O)c1c[c]cs1. The van der Waals surface area contributed by atoms with Crippen LogP contribution in [0.5, 0.6) is 0 Å². The van der Waals surface area contributed by atoms with Gasteiger partial charge in [0.15, 0.2) is 0 Å². The van der Waals surface area contributed by atoms with Crippen LogP contribution in [-0.2, 0) is 4.74 Å². The van der Waals surface area contributed by atoms with Gasteiger partial charge in [-0.2, -0.15) is 0 Å². The molecule has 1 rings (SSSR count). The number of carbonyl (C=O) groups excluding carboxylic acids is 1. The van der Waals surface area contributed by atoms with Crippen LogP contribution in [0.15, 0.2) is 11.4 Å². The highest BCUT2D eigenvalue weighted by molar-refractivity contribution is 7.11. The number of rotatable bonds is 2. The predicted octanol–water partition coefficient (Wildman–Crippen LogP) is 2.11. The van der Waals surface area contributed by atoms with Crippen molar-refractivity contribution in [2.75, 3.05) is 0 Å². The van der Waals surface area contributed by atoms with E-state index in [-0.39, 0.29) is 12.1 Å². The Balaban J connectivity index is 2.57. The van der Waals surface area contributed by atoms with Crippen molar-refractivity contribution in [2.24, 2.45) is 0 Å². The summed E-state index contributed by atoms with van der Waals surface area (Å²) >= 11 is 1.34. The largest absolute Gasteiger partial charge is 0.459 e. The van der Waals surface area contributed by atoms with Crippen molar-refractivity contribution in [1.29, 1.82) is 0 Å². The molecule has 0 saturated heterocycles. The van der Waals surface area contributed by atoms with E-state index >= 15 is 0 Å². The van der Waals surface area contributed by atoms with E-state index in [9.17, 15) is 4.79 Å². The van der Waals surface area contributed by atoms with Gasteiger partial charge in [0.2, 0.25) is 0 Å². The Kier molecular flexibility index (Phi) is 2.65. The molecule has 2 nitrogen and oxygen atoms in total. The van der Waals surface area contributed by atoms with Gasteiger partial charge in [0.1, 0.15) is 4.88 Å². The Bertz CT molecular complexity index is 226. The highest BCUT2D eigenvalue weighted by atomic mass is 32.1. The molecule has 0 aromatic carbocycles. The summed E-state index contributed by atoms with van der Waals surface area (Å²) in [6, 6.07) is 4.44. The second kappa shape index (κ2) is 3.53. The summed E-state index contributed by atoms with van der Waals surface area (Å²) in [7, 11) is 0. The molecule has 0 aliphatic rings. The lowest BCUT2D eigenvalue weighted by Crippen LogP contribution is -2.09. The Labute approximate surface area is 69.8 Å². The zero-order chi connectivity index (χ0) is 8.27. The van der Waals surface area contributed by atoms with E-state index in [1.807, 2.05) is 13.8 Å². The van der Waals surface area contributed by atoms with Crippen LogP contribution in [0.3, 0.4) is 0 Å².